The van der Waals surface area contributed by atoms with Crippen LogP contribution in [0.1, 0.15) is 116 Å². The van der Waals surface area contributed by atoms with Crippen LogP contribution in [0, 0.1) is 18.7 Å². The molecule has 1 fully saturated rings. The van der Waals surface area contributed by atoms with Gasteiger partial charge >= 0.3 is 5.97 Å². The molecule has 1 unspecified atom stereocenters. The van der Waals surface area contributed by atoms with E-state index >= 15 is 4.39 Å². The van der Waals surface area contributed by atoms with E-state index < -0.39 is 58.3 Å². The summed E-state index contributed by atoms with van der Waals surface area (Å²) in [5.41, 5.74) is 2.37. The zero-order chi connectivity index (χ0) is 54.4. The van der Waals surface area contributed by atoms with Crippen molar-refractivity contribution in [3.05, 3.63) is 97.6 Å². The molecule has 21 heteroatoms. The molecule has 4 N–H and O–H groups in total. The van der Waals surface area contributed by atoms with Gasteiger partial charge in [0, 0.05) is 73.4 Å². The highest BCUT2D eigenvalue weighted by molar-refractivity contribution is 6.03. The number of fused-ring (bicyclic) bond motifs is 5. The lowest BCUT2D eigenvalue weighted by Crippen LogP contribution is -2.44. The van der Waals surface area contributed by atoms with Gasteiger partial charge in [-0.1, -0.05) is 44.2 Å². The molecule has 0 radical (unpaired) electrons. The van der Waals surface area contributed by atoms with Crippen LogP contribution < -0.4 is 21.5 Å². The number of imide groups is 1. The molecule has 0 saturated carbocycles. The molecule has 8 rings (SSSR count). The third-order valence-electron chi connectivity index (χ3n) is 14.7. The Morgan fingerprint density at radius 3 is 2.39 bits per heavy atom. The van der Waals surface area contributed by atoms with Gasteiger partial charge in [-0.05, 0) is 66.8 Å². The van der Waals surface area contributed by atoms with Gasteiger partial charge in [-0.3, -0.25) is 48.1 Å². The average Bonchev–Trinajstić information content (AvgIpc) is 3.97. The van der Waals surface area contributed by atoms with Gasteiger partial charge in [0.05, 0.1) is 61.4 Å². The number of aryl methyl sites for hydroxylation is 1. The van der Waals surface area contributed by atoms with Gasteiger partial charge < -0.3 is 39.8 Å². The standard InChI is InChI=1S/C55H61FN6O14/c1-4-55(73)39-23-43-51-37(26-62(43)53(71)38(39)28-76-54(55)72)49-33(10-12-36-31(3)40(56)24-42(60-51)50(36)49)22-35(64)27-75-29-58-45(66)15-13-44(65)41(21-32-8-6-5-7-9-32)59-47(68)14-11-34(63)25-57-46(67)16-18-74-19-17-61-48(69)20-30(2)52(61)70/h5-9,23-24,30,33,41,73H,4,10-22,25-29H2,1-3H3,(H,57,67)(H,58,66)(H,59,68)/t30?,33-,41+,55+/m1/s1. The highest BCUT2D eigenvalue weighted by Crippen LogP contribution is 2.47. The summed E-state index contributed by atoms with van der Waals surface area (Å²) in [4.78, 5) is 134. The molecule has 1 aliphatic carbocycles. The van der Waals surface area contributed by atoms with Crippen molar-refractivity contribution in [3.63, 3.8) is 0 Å². The second-order valence-electron chi connectivity index (χ2n) is 19.8. The van der Waals surface area contributed by atoms with E-state index in [9.17, 15) is 53.1 Å². The zero-order valence-corrected chi connectivity index (χ0v) is 42.7. The van der Waals surface area contributed by atoms with Crippen LogP contribution in [0.3, 0.4) is 0 Å². The van der Waals surface area contributed by atoms with Crippen molar-refractivity contribution in [2.45, 2.75) is 122 Å². The van der Waals surface area contributed by atoms with E-state index in [4.69, 9.17) is 19.2 Å². The number of aliphatic hydroxyl groups is 1. The van der Waals surface area contributed by atoms with E-state index in [1.807, 2.05) is 0 Å². The van der Waals surface area contributed by atoms with Crippen molar-refractivity contribution in [3.8, 4) is 11.4 Å². The normalized spacial score (nSPS) is 18.6. The van der Waals surface area contributed by atoms with E-state index in [2.05, 4.69) is 16.0 Å². The SMILES string of the molecule is CC[C@@]1(O)C(=O)OCc2c1cc1n(c2=O)Cc2c-1nc1cc(F)c(C)c3c1c2[C@@H](CC(=O)COCNC(=O)CCC(=O)[C@H](Cc1ccccc1)NC(=O)CCC(=O)CNC(=O)CCOCCN1C(=O)CC(C)C1=O)CC3. The first-order chi connectivity index (χ1) is 36.4. The van der Waals surface area contributed by atoms with Crippen LogP contribution in [0.2, 0.25) is 0 Å². The van der Waals surface area contributed by atoms with Gasteiger partial charge in [0.25, 0.3) is 5.56 Å². The summed E-state index contributed by atoms with van der Waals surface area (Å²) in [7, 11) is 0. The molecular formula is C55H61FN6O14. The number of aromatic nitrogens is 2. The third-order valence-corrected chi connectivity index (χ3v) is 14.7. The van der Waals surface area contributed by atoms with Crippen LogP contribution in [-0.4, -0.2) is 118 Å². The van der Waals surface area contributed by atoms with Crippen molar-refractivity contribution >= 4 is 63.8 Å². The van der Waals surface area contributed by atoms with Gasteiger partial charge in [0.2, 0.25) is 29.5 Å². The number of halogens is 1. The summed E-state index contributed by atoms with van der Waals surface area (Å²) in [5, 5.41) is 19.8. The average molecular weight is 1050 g/mol. The van der Waals surface area contributed by atoms with Gasteiger partial charge in [-0.15, -0.1) is 0 Å². The molecule has 76 heavy (non-hydrogen) atoms. The van der Waals surface area contributed by atoms with Gasteiger partial charge in [0.15, 0.2) is 23.0 Å². The van der Waals surface area contributed by atoms with Crippen molar-refractivity contribution in [1.29, 1.82) is 0 Å². The minimum atomic E-state index is -2.04. The molecule has 4 atom stereocenters. The lowest BCUT2D eigenvalue weighted by molar-refractivity contribution is -0.172. The molecule has 0 bridgehead atoms. The van der Waals surface area contributed by atoms with Crippen LogP contribution in [0.4, 0.5) is 4.39 Å². The van der Waals surface area contributed by atoms with Gasteiger partial charge in [0.1, 0.15) is 25.8 Å². The summed E-state index contributed by atoms with van der Waals surface area (Å²) in [6, 6.07) is 10.8. The number of nitrogens with zero attached hydrogens (tertiary/aromatic N) is 3. The van der Waals surface area contributed by atoms with E-state index in [0.29, 0.717) is 40.9 Å². The van der Waals surface area contributed by atoms with E-state index in [-0.39, 0.29) is 151 Å². The van der Waals surface area contributed by atoms with E-state index in [0.717, 1.165) is 27.0 Å². The minimum absolute atomic E-state index is 0.00668. The van der Waals surface area contributed by atoms with Crippen molar-refractivity contribution in [2.75, 3.05) is 39.6 Å². The van der Waals surface area contributed by atoms with Crippen LogP contribution in [0.5, 0.6) is 0 Å². The molecule has 20 nitrogen and oxygen atoms in total. The summed E-state index contributed by atoms with van der Waals surface area (Å²) in [5.74, 6) is -5.26. The lowest BCUT2D eigenvalue weighted by atomic mass is 9.76. The Bertz CT molecular complexity index is 3090. The number of likely N-dealkylation sites (tertiary alicyclic amines) is 1. The molecule has 402 valence electrons. The molecule has 5 amide bonds. The van der Waals surface area contributed by atoms with Gasteiger partial charge in [-0.25, -0.2) is 14.2 Å². The topological polar surface area (TPSA) is 276 Å². The number of pyridine rings is 2. The first-order valence-corrected chi connectivity index (χ1v) is 25.6. The Morgan fingerprint density at radius 1 is 0.908 bits per heavy atom. The number of Topliss-reactive ketones (excluding diaryl/α,β-unsaturated/α-hetero) is 3. The number of hydrogen-bond donors (Lipinski definition) is 4. The number of ether oxygens (including phenoxy) is 3. The quantitative estimate of drug-likeness (QED) is 0.0283. The van der Waals surface area contributed by atoms with E-state index in [1.165, 1.54) is 10.6 Å². The number of nitrogens with one attached hydrogen (secondary N) is 3. The molecule has 5 heterocycles. The number of rotatable bonds is 25. The summed E-state index contributed by atoms with van der Waals surface area (Å²) < 4.78 is 33.1. The Labute approximate surface area is 436 Å². The molecule has 4 aromatic rings. The fraction of sp³-hybridized carbons (Fsp3) is 0.473. The third kappa shape index (κ3) is 11.9. The summed E-state index contributed by atoms with van der Waals surface area (Å²) in [6.07, 6.45) is 0.190. The van der Waals surface area contributed by atoms with Crippen molar-refractivity contribution < 1.29 is 66.9 Å². The molecule has 2 aromatic carbocycles. The summed E-state index contributed by atoms with van der Waals surface area (Å²) >= 11 is 0. The predicted molar refractivity (Wildman–Crippen MR) is 268 cm³/mol. The van der Waals surface area contributed by atoms with Crippen LogP contribution in [-0.2, 0) is 89.0 Å². The zero-order valence-electron chi connectivity index (χ0n) is 42.7. The van der Waals surface area contributed by atoms with Gasteiger partial charge in [-0.2, -0.15) is 0 Å². The number of ketones is 3. The maximum Gasteiger partial charge on any atom is 0.343 e. The first kappa shape index (κ1) is 54.9. The Kier molecular flexibility index (Phi) is 17.1. The smallest absolute Gasteiger partial charge is 0.343 e. The minimum Gasteiger partial charge on any atom is -0.458 e. The molecule has 0 spiro atoms. The first-order valence-electron chi connectivity index (χ1n) is 25.6. The number of carbonyl (C=O) groups excluding carboxylic acids is 9. The number of amides is 5. The maximum atomic E-state index is 15.4. The predicted octanol–water partition coefficient (Wildman–Crippen LogP) is 2.95. The van der Waals surface area contributed by atoms with Crippen molar-refractivity contribution in [2.24, 2.45) is 5.92 Å². The van der Waals surface area contributed by atoms with Crippen LogP contribution in [0.15, 0.2) is 47.3 Å². The monoisotopic (exact) mass is 1050 g/mol. The summed E-state index contributed by atoms with van der Waals surface area (Å²) in [6.45, 7) is 3.92. The molecular weight excluding hydrogens is 988 g/mol. The Hall–Kier alpha value is -7.36. The highest BCUT2D eigenvalue weighted by atomic mass is 19.1. The molecule has 1 saturated heterocycles. The Balaban J connectivity index is 0.800. The lowest BCUT2D eigenvalue weighted by Gasteiger charge is -2.31. The number of carbonyl (C=O) groups is 9. The number of cyclic esters (lactones) is 1. The second kappa shape index (κ2) is 23.7. The molecule has 2 aromatic heterocycles. The van der Waals surface area contributed by atoms with Crippen LogP contribution in [0.25, 0.3) is 22.3 Å². The molecule has 3 aliphatic heterocycles. The largest absolute Gasteiger partial charge is 0.458 e. The maximum absolute atomic E-state index is 15.4. The number of esters is 1. The number of benzene rings is 2. The van der Waals surface area contributed by atoms with Crippen LogP contribution >= 0.6 is 0 Å². The highest BCUT2D eigenvalue weighted by Gasteiger charge is 2.46. The number of hydrogen-bond acceptors (Lipinski definition) is 15. The molecule has 4 aliphatic rings. The van der Waals surface area contributed by atoms with E-state index in [1.54, 1.807) is 57.2 Å². The second-order valence-corrected chi connectivity index (χ2v) is 19.8. The Morgan fingerprint density at radius 2 is 1.66 bits per heavy atom. The van der Waals surface area contributed by atoms with Crippen molar-refractivity contribution in [1.82, 2.24) is 30.4 Å². The fourth-order valence-electron chi connectivity index (χ4n) is 10.5. The fourth-order valence-corrected chi connectivity index (χ4v) is 10.5.